The minimum Gasteiger partial charge on any atom is -0.484 e. The largest absolute Gasteiger partial charge is 0.484 e. The maximum Gasteiger partial charge on any atom is 0.258 e. The van der Waals surface area contributed by atoms with Crippen molar-refractivity contribution in [1.29, 1.82) is 0 Å². The van der Waals surface area contributed by atoms with Crippen molar-refractivity contribution in [1.82, 2.24) is 21.3 Å². The smallest absolute Gasteiger partial charge is 0.258 e. The summed E-state index contributed by atoms with van der Waals surface area (Å²) in [4.78, 5) is 25.0. The van der Waals surface area contributed by atoms with Crippen LogP contribution in [0.5, 0.6) is 5.75 Å². The van der Waals surface area contributed by atoms with Crippen LogP contribution >= 0.6 is 11.6 Å². The molecule has 0 spiro atoms. The maximum atomic E-state index is 13.5. The zero-order valence-corrected chi connectivity index (χ0v) is 17.8. The highest BCUT2D eigenvalue weighted by molar-refractivity contribution is 6.30. The molecule has 5 rings (SSSR count). The molecule has 3 saturated carbocycles. The fraction of sp³-hybridized carbons (Fsp3) is 0.619. The van der Waals surface area contributed by atoms with Crippen LogP contribution in [0.2, 0.25) is 5.02 Å². The van der Waals surface area contributed by atoms with Gasteiger partial charge in [0.1, 0.15) is 11.6 Å². The predicted octanol–water partition coefficient (Wildman–Crippen LogP) is 1.50. The van der Waals surface area contributed by atoms with Crippen LogP contribution in [0.3, 0.4) is 0 Å². The van der Waals surface area contributed by atoms with E-state index in [2.05, 4.69) is 28.2 Å². The third-order valence-corrected chi connectivity index (χ3v) is 6.83. The van der Waals surface area contributed by atoms with E-state index in [1.807, 2.05) is 0 Å². The molecule has 1 heterocycles. The van der Waals surface area contributed by atoms with Gasteiger partial charge in [0.15, 0.2) is 6.61 Å². The molecule has 7 nitrogen and oxygen atoms in total. The molecule has 1 aliphatic heterocycles. The van der Waals surface area contributed by atoms with Crippen LogP contribution in [0.25, 0.3) is 0 Å². The molecule has 2 unspecified atom stereocenters. The van der Waals surface area contributed by atoms with E-state index in [1.165, 1.54) is 12.1 Å². The molecule has 4 fully saturated rings. The number of amides is 2. The summed E-state index contributed by atoms with van der Waals surface area (Å²) in [6, 6.07) is 4.26. The number of ether oxygens (including phenoxy) is 1. The number of carbonyl (C=O) groups is 2. The van der Waals surface area contributed by atoms with E-state index in [4.69, 9.17) is 16.3 Å². The summed E-state index contributed by atoms with van der Waals surface area (Å²) in [5, 5.41) is 13.0. The van der Waals surface area contributed by atoms with E-state index in [0.717, 1.165) is 44.7 Å². The second-order valence-corrected chi connectivity index (χ2v) is 9.20. The Morgan fingerprint density at radius 1 is 1.20 bits per heavy atom. The van der Waals surface area contributed by atoms with Crippen molar-refractivity contribution in [2.24, 2.45) is 0 Å². The van der Waals surface area contributed by atoms with Gasteiger partial charge in [0.2, 0.25) is 5.91 Å². The van der Waals surface area contributed by atoms with Crippen LogP contribution in [-0.2, 0) is 9.59 Å². The zero-order valence-electron chi connectivity index (χ0n) is 17.0. The van der Waals surface area contributed by atoms with Crippen molar-refractivity contribution >= 4 is 23.4 Å². The van der Waals surface area contributed by atoms with Gasteiger partial charge in [-0.1, -0.05) is 18.5 Å². The molecule has 0 aromatic heterocycles. The topological polar surface area (TPSA) is 91.5 Å². The molecule has 9 heteroatoms. The number of fused-ring (bicyclic) bond motifs is 1. The van der Waals surface area contributed by atoms with Crippen molar-refractivity contribution in [3.05, 3.63) is 29.0 Å². The highest BCUT2D eigenvalue weighted by Gasteiger charge is 2.62. The minimum atomic E-state index is -0.587. The zero-order chi connectivity index (χ0) is 21.4. The Bertz CT molecular complexity index is 822. The third-order valence-electron chi connectivity index (χ3n) is 6.52. The van der Waals surface area contributed by atoms with Gasteiger partial charge in [0, 0.05) is 36.3 Å². The lowest BCUT2D eigenvalue weighted by molar-refractivity contribution is -0.128. The normalized spacial score (nSPS) is 32.2. The summed E-state index contributed by atoms with van der Waals surface area (Å²) in [5.74, 6) is -0.565. The fourth-order valence-electron chi connectivity index (χ4n) is 4.96. The molecule has 4 N–H and O–H groups in total. The van der Waals surface area contributed by atoms with Gasteiger partial charge in [0.25, 0.3) is 5.91 Å². The molecular weight excluding hydrogens is 411 g/mol. The van der Waals surface area contributed by atoms with E-state index in [9.17, 15) is 14.0 Å². The molecular formula is C21H28ClFN4O3. The van der Waals surface area contributed by atoms with E-state index < -0.39 is 5.82 Å². The number of piperazine rings is 1. The SMILES string of the molecule is CCC1CNC(C(=O)NC23CCC(NC(=O)COc4ccc(Cl)c(F)c4)(C2)C3)CN1. The second kappa shape index (κ2) is 8.32. The van der Waals surface area contributed by atoms with E-state index >= 15 is 0 Å². The lowest BCUT2D eigenvalue weighted by Gasteiger charge is -2.48. The van der Waals surface area contributed by atoms with Crippen LogP contribution in [-0.4, -0.2) is 54.7 Å². The van der Waals surface area contributed by atoms with Crippen LogP contribution in [0.15, 0.2) is 18.2 Å². The Balaban J connectivity index is 1.23. The quantitative estimate of drug-likeness (QED) is 0.518. The van der Waals surface area contributed by atoms with Crippen LogP contribution in [0.1, 0.15) is 39.0 Å². The lowest BCUT2D eigenvalue weighted by Crippen LogP contribution is -2.68. The molecule has 1 saturated heterocycles. The average molecular weight is 439 g/mol. The monoisotopic (exact) mass is 438 g/mol. The summed E-state index contributed by atoms with van der Waals surface area (Å²) in [7, 11) is 0. The molecule has 2 amide bonds. The van der Waals surface area contributed by atoms with Crippen LogP contribution in [0, 0.1) is 5.82 Å². The van der Waals surface area contributed by atoms with Gasteiger partial charge in [-0.25, -0.2) is 4.39 Å². The Morgan fingerprint density at radius 2 is 1.93 bits per heavy atom. The van der Waals surface area contributed by atoms with Gasteiger partial charge in [0.05, 0.1) is 11.1 Å². The highest BCUT2D eigenvalue weighted by atomic mass is 35.5. The number of carbonyl (C=O) groups excluding carboxylic acids is 2. The predicted molar refractivity (Wildman–Crippen MR) is 111 cm³/mol. The Morgan fingerprint density at radius 3 is 2.57 bits per heavy atom. The minimum absolute atomic E-state index is 0.00823. The first-order valence-electron chi connectivity index (χ1n) is 10.5. The molecule has 0 radical (unpaired) electrons. The number of hydrogen-bond acceptors (Lipinski definition) is 5. The fourth-order valence-corrected chi connectivity index (χ4v) is 5.08. The first kappa shape index (κ1) is 21.3. The molecule has 2 atom stereocenters. The third kappa shape index (κ3) is 4.40. The standard InChI is InChI=1S/C21H28ClFN4O3/c1-2-13-8-25-17(9-24-13)19(29)27-21-6-5-20(11-21,12-21)26-18(28)10-30-14-3-4-15(22)16(23)7-14/h3-4,7,13,17,24-25H,2,5-6,8-12H2,1H3,(H,26,28)(H,27,29). The van der Waals surface area contributed by atoms with Crippen molar-refractivity contribution in [2.75, 3.05) is 19.7 Å². The Hall–Kier alpha value is -1.90. The Labute approximate surface area is 180 Å². The number of halogens is 2. The van der Waals surface area contributed by atoms with Gasteiger partial charge in [-0.3, -0.25) is 9.59 Å². The Kier molecular flexibility index (Phi) is 5.92. The van der Waals surface area contributed by atoms with Crippen LogP contribution in [0.4, 0.5) is 4.39 Å². The van der Waals surface area contributed by atoms with E-state index in [1.54, 1.807) is 0 Å². The van der Waals surface area contributed by atoms with Gasteiger partial charge >= 0.3 is 0 Å². The van der Waals surface area contributed by atoms with Crippen LogP contribution < -0.4 is 26.0 Å². The summed E-state index contributed by atoms with van der Waals surface area (Å²) in [5.41, 5.74) is -0.516. The van der Waals surface area contributed by atoms with E-state index in [0.29, 0.717) is 12.6 Å². The molecule has 1 aromatic rings. The number of benzene rings is 1. The van der Waals surface area contributed by atoms with E-state index in [-0.39, 0.29) is 46.3 Å². The molecule has 3 aliphatic carbocycles. The molecule has 1 aromatic carbocycles. The first-order valence-corrected chi connectivity index (χ1v) is 10.9. The number of rotatable bonds is 7. The molecule has 4 aliphatic rings. The molecule has 2 bridgehead atoms. The first-order chi connectivity index (χ1) is 14.3. The van der Waals surface area contributed by atoms with Gasteiger partial charge in [-0.05, 0) is 44.2 Å². The van der Waals surface area contributed by atoms with Crippen molar-refractivity contribution in [3.63, 3.8) is 0 Å². The van der Waals surface area contributed by atoms with Gasteiger partial charge in [-0.15, -0.1) is 0 Å². The maximum absolute atomic E-state index is 13.5. The average Bonchev–Trinajstić information content (AvgIpc) is 3.23. The van der Waals surface area contributed by atoms with Crippen molar-refractivity contribution in [3.8, 4) is 5.75 Å². The summed E-state index contributed by atoms with van der Waals surface area (Å²) in [6.45, 7) is 3.35. The molecule has 30 heavy (non-hydrogen) atoms. The van der Waals surface area contributed by atoms with Crippen molar-refractivity contribution in [2.45, 2.75) is 62.2 Å². The second-order valence-electron chi connectivity index (χ2n) is 8.79. The summed E-state index contributed by atoms with van der Waals surface area (Å²) in [6.07, 6.45) is 4.16. The van der Waals surface area contributed by atoms with Gasteiger partial charge < -0.3 is 26.0 Å². The van der Waals surface area contributed by atoms with Gasteiger partial charge in [-0.2, -0.15) is 0 Å². The number of hydrogen-bond donors (Lipinski definition) is 4. The summed E-state index contributed by atoms with van der Waals surface area (Å²) < 4.78 is 18.8. The van der Waals surface area contributed by atoms with Crippen molar-refractivity contribution < 1.29 is 18.7 Å². The lowest BCUT2D eigenvalue weighted by atomic mass is 9.71. The molecule has 164 valence electrons. The summed E-state index contributed by atoms with van der Waals surface area (Å²) >= 11 is 5.64. The number of nitrogens with one attached hydrogen (secondary N) is 4. The highest BCUT2D eigenvalue weighted by Crippen LogP contribution is 2.55.